The summed E-state index contributed by atoms with van der Waals surface area (Å²) >= 11 is 11.4. The van der Waals surface area contributed by atoms with Crippen LogP contribution in [0.2, 0.25) is 10.2 Å². The van der Waals surface area contributed by atoms with Gasteiger partial charge in [-0.3, -0.25) is 4.79 Å². The number of aromatic amines is 1. The first-order valence-electron chi connectivity index (χ1n) is 4.55. The van der Waals surface area contributed by atoms with Crippen LogP contribution in [0.4, 0.5) is 0 Å². The molecule has 2 N–H and O–H groups in total. The summed E-state index contributed by atoms with van der Waals surface area (Å²) in [5, 5.41) is 3.27. The monoisotopic (exact) mass is 250 g/mol. The molecule has 0 aliphatic heterocycles. The molecule has 0 aromatic carbocycles. The minimum absolute atomic E-state index is 0.247. The molecular formula is C9H12Cl2N2O2. The predicted octanol–water partition coefficient (Wildman–Crippen LogP) is 2.09. The number of nitrogens with one attached hydrogen (secondary N) is 2. The number of carbonyl (C=O) groups is 1. The van der Waals surface area contributed by atoms with Crippen LogP contribution in [0, 0.1) is 0 Å². The van der Waals surface area contributed by atoms with Crippen LogP contribution in [0.15, 0.2) is 6.07 Å². The quantitative estimate of drug-likeness (QED) is 0.787. The Balaban J connectivity index is 2.40. The number of carbonyl (C=O) groups excluding carboxylic acids is 1. The zero-order chi connectivity index (χ0) is 11.3. The van der Waals surface area contributed by atoms with E-state index in [1.165, 1.54) is 6.07 Å². The van der Waals surface area contributed by atoms with E-state index in [4.69, 9.17) is 27.9 Å². The maximum atomic E-state index is 11.5. The van der Waals surface area contributed by atoms with Gasteiger partial charge < -0.3 is 15.0 Å². The molecule has 0 atom stereocenters. The van der Waals surface area contributed by atoms with E-state index >= 15 is 0 Å². The van der Waals surface area contributed by atoms with Crippen molar-refractivity contribution in [3.05, 3.63) is 21.9 Å². The average Bonchev–Trinajstić information content (AvgIpc) is 2.54. The van der Waals surface area contributed by atoms with Crippen molar-refractivity contribution in [1.29, 1.82) is 0 Å². The summed E-state index contributed by atoms with van der Waals surface area (Å²) in [4.78, 5) is 14.1. The number of rotatable bonds is 5. The first-order valence-corrected chi connectivity index (χ1v) is 5.30. The Labute approximate surface area is 97.9 Å². The third-order valence-electron chi connectivity index (χ3n) is 1.71. The summed E-state index contributed by atoms with van der Waals surface area (Å²) in [7, 11) is 0. The molecule has 84 valence electrons. The second-order valence-electron chi connectivity index (χ2n) is 2.80. The van der Waals surface area contributed by atoms with Crippen molar-refractivity contribution in [2.24, 2.45) is 0 Å². The number of H-pyrrole nitrogens is 1. The van der Waals surface area contributed by atoms with Crippen molar-refractivity contribution < 1.29 is 9.53 Å². The first-order chi connectivity index (χ1) is 7.15. The molecule has 0 aliphatic carbocycles. The van der Waals surface area contributed by atoms with Gasteiger partial charge in [0, 0.05) is 13.2 Å². The standard InChI is InChI=1S/C9H12Cl2N2O2/c1-2-15-4-3-12-9(14)7-5-6(10)8(11)13-7/h5,13H,2-4H2,1H3,(H,12,14). The van der Waals surface area contributed by atoms with E-state index in [1.807, 2.05) is 6.92 Å². The molecular weight excluding hydrogens is 239 g/mol. The van der Waals surface area contributed by atoms with Crippen LogP contribution >= 0.6 is 23.2 Å². The number of hydrogen-bond donors (Lipinski definition) is 2. The summed E-state index contributed by atoms with van der Waals surface area (Å²) in [6, 6.07) is 1.49. The van der Waals surface area contributed by atoms with Gasteiger partial charge in [0.05, 0.1) is 11.6 Å². The Morgan fingerprint density at radius 1 is 1.60 bits per heavy atom. The molecule has 0 unspecified atom stereocenters. The van der Waals surface area contributed by atoms with Gasteiger partial charge >= 0.3 is 0 Å². The average molecular weight is 251 g/mol. The molecule has 6 heteroatoms. The van der Waals surface area contributed by atoms with Gasteiger partial charge in [0.25, 0.3) is 5.91 Å². The summed E-state index contributed by atoms with van der Waals surface area (Å²) in [6.07, 6.45) is 0. The molecule has 1 heterocycles. The van der Waals surface area contributed by atoms with E-state index in [1.54, 1.807) is 0 Å². The van der Waals surface area contributed by atoms with E-state index in [0.717, 1.165) is 0 Å². The van der Waals surface area contributed by atoms with Crippen molar-refractivity contribution in [2.75, 3.05) is 19.8 Å². The fourth-order valence-electron chi connectivity index (χ4n) is 1.00. The molecule has 4 nitrogen and oxygen atoms in total. The SMILES string of the molecule is CCOCCNC(=O)c1cc(Cl)c(Cl)[nH]1. The molecule has 15 heavy (non-hydrogen) atoms. The highest BCUT2D eigenvalue weighted by Crippen LogP contribution is 2.21. The van der Waals surface area contributed by atoms with Gasteiger partial charge in [0.15, 0.2) is 0 Å². The van der Waals surface area contributed by atoms with E-state index in [9.17, 15) is 4.79 Å². The fourth-order valence-corrected chi connectivity index (χ4v) is 1.32. The topological polar surface area (TPSA) is 54.1 Å². The molecule has 1 amide bonds. The highest BCUT2D eigenvalue weighted by Gasteiger charge is 2.10. The van der Waals surface area contributed by atoms with E-state index in [-0.39, 0.29) is 11.1 Å². The minimum atomic E-state index is -0.247. The minimum Gasteiger partial charge on any atom is -0.380 e. The first kappa shape index (κ1) is 12.4. The van der Waals surface area contributed by atoms with Gasteiger partial charge in [-0.15, -0.1) is 0 Å². The lowest BCUT2D eigenvalue weighted by Crippen LogP contribution is -2.27. The lowest BCUT2D eigenvalue weighted by atomic mass is 10.4. The largest absolute Gasteiger partial charge is 0.380 e. The van der Waals surface area contributed by atoms with Crippen molar-refractivity contribution in [2.45, 2.75) is 6.92 Å². The van der Waals surface area contributed by atoms with Crippen molar-refractivity contribution in [1.82, 2.24) is 10.3 Å². The Morgan fingerprint density at radius 3 is 2.87 bits per heavy atom. The molecule has 1 rings (SSSR count). The second kappa shape index (κ2) is 6.00. The van der Waals surface area contributed by atoms with Crippen LogP contribution in [0.1, 0.15) is 17.4 Å². The fraction of sp³-hybridized carbons (Fsp3) is 0.444. The zero-order valence-corrected chi connectivity index (χ0v) is 9.78. The predicted molar refractivity (Wildman–Crippen MR) is 59.6 cm³/mol. The molecule has 0 fully saturated rings. The van der Waals surface area contributed by atoms with Gasteiger partial charge in [-0.2, -0.15) is 0 Å². The number of halogens is 2. The number of hydrogen-bond acceptors (Lipinski definition) is 2. The van der Waals surface area contributed by atoms with Gasteiger partial charge in [-0.05, 0) is 13.0 Å². The summed E-state index contributed by atoms with van der Waals surface area (Å²) in [5.74, 6) is -0.247. The number of amides is 1. The number of ether oxygens (including phenoxy) is 1. The molecule has 0 saturated carbocycles. The van der Waals surface area contributed by atoms with E-state index < -0.39 is 0 Å². The highest BCUT2D eigenvalue weighted by molar-refractivity contribution is 6.41. The summed E-state index contributed by atoms with van der Waals surface area (Å²) < 4.78 is 5.07. The van der Waals surface area contributed by atoms with Crippen molar-refractivity contribution in [3.8, 4) is 0 Å². The van der Waals surface area contributed by atoms with Crippen LogP contribution in [0.5, 0.6) is 0 Å². The Morgan fingerprint density at radius 2 is 2.33 bits per heavy atom. The van der Waals surface area contributed by atoms with E-state index in [2.05, 4.69) is 10.3 Å². The van der Waals surface area contributed by atoms with Gasteiger partial charge in [0.1, 0.15) is 10.8 Å². The third kappa shape index (κ3) is 3.74. The highest BCUT2D eigenvalue weighted by atomic mass is 35.5. The molecule has 0 bridgehead atoms. The summed E-state index contributed by atoms with van der Waals surface area (Å²) in [5.41, 5.74) is 0.349. The van der Waals surface area contributed by atoms with Crippen LogP contribution in [0.25, 0.3) is 0 Å². The molecule has 0 spiro atoms. The Bertz CT molecular complexity index is 319. The van der Waals surface area contributed by atoms with Crippen molar-refractivity contribution in [3.63, 3.8) is 0 Å². The molecule has 1 aromatic rings. The Kier molecular flexibility index (Phi) is 4.94. The molecule has 0 aliphatic rings. The molecule has 0 radical (unpaired) electrons. The van der Waals surface area contributed by atoms with E-state index in [0.29, 0.717) is 30.5 Å². The normalized spacial score (nSPS) is 10.3. The summed E-state index contributed by atoms with van der Waals surface area (Å²) in [6.45, 7) is 3.48. The van der Waals surface area contributed by atoms with Gasteiger partial charge in [0.2, 0.25) is 0 Å². The molecule has 0 saturated heterocycles. The number of aromatic nitrogens is 1. The maximum Gasteiger partial charge on any atom is 0.267 e. The van der Waals surface area contributed by atoms with Crippen LogP contribution in [-0.2, 0) is 4.74 Å². The smallest absolute Gasteiger partial charge is 0.267 e. The Hall–Kier alpha value is -0.710. The second-order valence-corrected chi connectivity index (χ2v) is 3.58. The third-order valence-corrected chi connectivity index (χ3v) is 2.40. The van der Waals surface area contributed by atoms with Gasteiger partial charge in [-0.1, -0.05) is 23.2 Å². The lowest BCUT2D eigenvalue weighted by molar-refractivity contribution is 0.0918. The zero-order valence-electron chi connectivity index (χ0n) is 8.27. The molecule has 1 aromatic heterocycles. The van der Waals surface area contributed by atoms with Crippen LogP contribution in [0.3, 0.4) is 0 Å². The maximum absolute atomic E-state index is 11.5. The van der Waals surface area contributed by atoms with Crippen LogP contribution in [-0.4, -0.2) is 30.6 Å². The van der Waals surface area contributed by atoms with Crippen molar-refractivity contribution >= 4 is 29.1 Å². The van der Waals surface area contributed by atoms with Gasteiger partial charge in [-0.25, -0.2) is 0 Å². The van der Waals surface area contributed by atoms with Crippen LogP contribution < -0.4 is 5.32 Å². The lowest BCUT2D eigenvalue weighted by Gasteiger charge is -2.03.